The van der Waals surface area contributed by atoms with Crippen LogP contribution in [0.15, 0.2) is 24.5 Å². The predicted molar refractivity (Wildman–Crippen MR) is 77.3 cm³/mol. The van der Waals surface area contributed by atoms with Crippen molar-refractivity contribution in [2.75, 3.05) is 24.6 Å². The summed E-state index contributed by atoms with van der Waals surface area (Å²) >= 11 is 0. The average Bonchev–Trinajstić information content (AvgIpc) is 3.01. The van der Waals surface area contributed by atoms with E-state index in [0.717, 1.165) is 18.8 Å². The highest BCUT2D eigenvalue weighted by Crippen LogP contribution is 2.23. The molecule has 1 aliphatic rings. The summed E-state index contributed by atoms with van der Waals surface area (Å²) in [5.41, 5.74) is 0. The Morgan fingerprint density at radius 3 is 2.81 bits per heavy atom. The second kappa shape index (κ2) is 5.79. The molecule has 1 saturated heterocycles. The highest BCUT2D eigenvalue weighted by atomic mass is 16.3. The van der Waals surface area contributed by atoms with Gasteiger partial charge in [0.1, 0.15) is 11.6 Å². The van der Waals surface area contributed by atoms with Gasteiger partial charge in [0, 0.05) is 44.1 Å². The number of aryl methyl sites for hydroxylation is 1. The maximum atomic E-state index is 10.1. The number of aromatic nitrogens is 4. The van der Waals surface area contributed by atoms with E-state index in [-0.39, 0.29) is 12.5 Å². The van der Waals surface area contributed by atoms with Gasteiger partial charge in [0.2, 0.25) is 0 Å². The van der Waals surface area contributed by atoms with Gasteiger partial charge >= 0.3 is 0 Å². The van der Waals surface area contributed by atoms with E-state index >= 15 is 0 Å². The molecule has 0 spiro atoms. The number of hydrogen-bond donors (Lipinski definition) is 2. The second-order valence-corrected chi connectivity index (χ2v) is 5.33. The van der Waals surface area contributed by atoms with Gasteiger partial charge in [-0.15, -0.1) is 0 Å². The van der Waals surface area contributed by atoms with Crippen molar-refractivity contribution in [1.82, 2.24) is 19.7 Å². The molecule has 0 saturated carbocycles. The van der Waals surface area contributed by atoms with Gasteiger partial charge in [0.25, 0.3) is 0 Å². The van der Waals surface area contributed by atoms with Crippen LogP contribution in [-0.2, 0) is 0 Å². The highest BCUT2D eigenvalue weighted by molar-refractivity contribution is 5.44. The predicted octanol–water partition coefficient (Wildman–Crippen LogP) is 0.150. The number of hydrogen-bond acceptors (Lipinski definition) is 6. The maximum Gasteiger partial charge on any atom is 0.159 e. The molecular weight excluding hydrogens is 270 g/mol. The van der Waals surface area contributed by atoms with E-state index in [1.54, 1.807) is 10.9 Å². The number of piperidine rings is 1. The summed E-state index contributed by atoms with van der Waals surface area (Å²) in [6, 6.07) is 3.71. The Labute approximate surface area is 122 Å². The molecule has 1 aliphatic heterocycles. The zero-order valence-electron chi connectivity index (χ0n) is 11.9. The largest absolute Gasteiger partial charge is 0.396 e. The van der Waals surface area contributed by atoms with Gasteiger partial charge in [-0.25, -0.2) is 14.6 Å². The molecular formula is C14H19N5O2. The van der Waals surface area contributed by atoms with Crippen molar-refractivity contribution in [3.63, 3.8) is 0 Å². The third kappa shape index (κ3) is 2.88. The molecule has 3 rings (SSSR count). The van der Waals surface area contributed by atoms with Crippen molar-refractivity contribution in [3.05, 3.63) is 30.4 Å². The van der Waals surface area contributed by atoms with Crippen LogP contribution in [0.1, 0.15) is 12.2 Å². The van der Waals surface area contributed by atoms with Gasteiger partial charge < -0.3 is 15.1 Å². The summed E-state index contributed by atoms with van der Waals surface area (Å²) in [4.78, 5) is 10.9. The molecule has 1 fully saturated rings. The Morgan fingerprint density at radius 1 is 1.33 bits per heavy atom. The van der Waals surface area contributed by atoms with Crippen molar-refractivity contribution >= 4 is 5.82 Å². The Bertz CT molecular complexity index is 601. The first-order valence-electron chi connectivity index (χ1n) is 7.07. The van der Waals surface area contributed by atoms with Crippen LogP contribution in [0.4, 0.5) is 5.82 Å². The molecule has 2 N–H and O–H groups in total. The van der Waals surface area contributed by atoms with Crippen LogP contribution in [0.25, 0.3) is 5.82 Å². The monoisotopic (exact) mass is 289 g/mol. The standard InChI is InChI=1S/C14H19N5O2/c1-10-16-13(7-14(17-10)19-5-2-4-15-19)18-6-3-11(9-20)12(21)8-18/h2,4-5,7,11-12,20-21H,3,6,8-9H2,1H3/t11-,12+/m1/s1. The Balaban J connectivity index is 1.86. The zero-order chi connectivity index (χ0) is 14.8. The summed E-state index contributed by atoms with van der Waals surface area (Å²) in [7, 11) is 0. The van der Waals surface area contributed by atoms with Crippen LogP contribution in [0.3, 0.4) is 0 Å². The van der Waals surface area contributed by atoms with Crippen molar-refractivity contribution in [2.45, 2.75) is 19.4 Å². The third-order valence-corrected chi connectivity index (χ3v) is 3.83. The quantitative estimate of drug-likeness (QED) is 0.836. The van der Waals surface area contributed by atoms with Gasteiger partial charge in [0.15, 0.2) is 5.82 Å². The average molecular weight is 289 g/mol. The minimum Gasteiger partial charge on any atom is -0.396 e. The van der Waals surface area contributed by atoms with Gasteiger partial charge in [-0.1, -0.05) is 0 Å². The number of aliphatic hydroxyl groups excluding tert-OH is 2. The molecule has 0 amide bonds. The normalized spacial score (nSPS) is 22.5. The van der Waals surface area contributed by atoms with Crippen molar-refractivity contribution in [1.29, 1.82) is 0 Å². The zero-order valence-corrected chi connectivity index (χ0v) is 11.9. The van der Waals surface area contributed by atoms with Crippen LogP contribution in [-0.4, -0.2) is 55.8 Å². The lowest BCUT2D eigenvalue weighted by Crippen LogP contribution is -2.45. The van der Waals surface area contributed by atoms with Crippen LogP contribution < -0.4 is 4.90 Å². The smallest absolute Gasteiger partial charge is 0.159 e. The Morgan fingerprint density at radius 2 is 2.14 bits per heavy atom. The first-order chi connectivity index (χ1) is 10.2. The van der Waals surface area contributed by atoms with E-state index in [4.69, 9.17) is 0 Å². The first kappa shape index (κ1) is 14.0. The number of nitrogens with zero attached hydrogens (tertiary/aromatic N) is 5. The van der Waals surface area contributed by atoms with E-state index < -0.39 is 6.10 Å². The van der Waals surface area contributed by atoms with Crippen LogP contribution >= 0.6 is 0 Å². The lowest BCUT2D eigenvalue weighted by molar-refractivity contribution is 0.0546. The fraction of sp³-hybridized carbons (Fsp3) is 0.500. The number of rotatable bonds is 3. The number of anilines is 1. The van der Waals surface area contributed by atoms with Crippen molar-refractivity contribution in [3.8, 4) is 5.82 Å². The summed E-state index contributed by atoms with van der Waals surface area (Å²) in [5, 5.41) is 23.5. The molecule has 2 aromatic heterocycles. The van der Waals surface area contributed by atoms with Crippen molar-refractivity contribution in [2.24, 2.45) is 5.92 Å². The van der Waals surface area contributed by atoms with Gasteiger partial charge in [-0.3, -0.25) is 0 Å². The molecule has 0 aliphatic carbocycles. The SMILES string of the molecule is Cc1nc(N2CC[C@H](CO)[C@@H](O)C2)cc(-n2cccn2)n1. The fourth-order valence-corrected chi connectivity index (χ4v) is 2.62. The summed E-state index contributed by atoms with van der Waals surface area (Å²) < 4.78 is 1.69. The molecule has 0 bridgehead atoms. The summed E-state index contributed by atoms with van der Waals surface area (Å²) in [5.74, 6) is 2.11. The molecule has 21 heavy (non-hydrogen) atoms. The third-order valence-electron chi connectivity index (χ3n) is 3.83. The molecule has 2 atom stereocenters. The molecule has 112 valence electrons. The van der Waals surface area contributed by atoms with E-state index in [2.05, 4.69) is 15.1 Å². The molecule has 0 aromatic carbocycles. The fourth-order valence-electron chi connectivity index (χ4n) is 2.62. The molecule has 3 heterocycles. The van der Waals surface area contributed by atoms with E-state index in [1.165, 1.54) is 0 Å². The van der Waals surface area contributed by atoms with Gasteiger partial charge in [0.05, 0.1) is 6.10 Å². The van der Waals surface area contributed by atoms with Crippen molar-refractivity contribution < 1.29 is 10.2 Å². The summed E-state index contributed by atoms with van der Waals surface area (Å²) in [6.07, 6.45) is 3.75. The van der Waals surface area contributed by atoms with Gasteiger partial charge in [-0.05, 0) is 19.4 Å². The lowest BCUT2D eigenvalue weighted by Gasteiger charge is -2.35. The van der Waals surface area contributed by atoms with Gasteiger partial charge in [-0.2, -0.15) is 5.10 Å². The van der Waals surface area contributed by atoms with Crippen LogP contribution in [0.2, 0.25) is 0 Å². The Hall–Kier alpha value is -1.99. The van der Waals surface area contributed by atoms with Crippen LogP contribution in [0, 0.1) is 12.8 Å². The second-order valence-electron chi connectivity index (χ2n) is 5.33. The molecule has 7 nitrogen and oxygen atoms in total. The number of β-amino-alcohol motifs (C(OH)–C–C–N with tert-alkyl or cyclic N) is 1. The van der Waals surface area contributed by atoms with E-state index in [0.29, 0.717) is 18.2 Å². The molecule has 7 heteroatoms. The maximum absolute atomic E-state index is 10.1. The minimum absolute atomic E-state index is 0.0242. The molecule has 2 aromatic rings. The highest BCUT2D eigenvalue weighted by Gasteiger charge is 2.28. The van der Waals surface area contributed by atoms with Crippen LogP contribution in [0.5, 0.6) is 0 Å². The van der Waals surface area contributed by atoms with E-state index in [1.807, 2.05) is 30.2 Å². The lowest BCUT2D eigenvalue weighted by atomic mass is 9.95. The molecule has 0 unspecified atom stereocenters. The topological polar surface area (TPSA) is 87.3 Å². The first-order valence-corrected chi connectivity index (χ1v) is 7.07. The van der Waals surface area contributed by atoms with E-state index in [9.17, 15) is 10.2 Å². The summed E-state index contributed by atoms with van der Waals surface area (Å²) in [6.45, 7) is 3.10. The number of aliphatic hydroxyl groups is 2. The molecule has 0 radical (unpaired) electrons. The minimum atomic E-state index is -0.535. The Kier molecular flexibility index (Phi) is 3.85.